The summed E-state index contributed by atoms with van der Waals surface area (Å²) in [6.45, 7) is 7.96. The Morgan fingerprint density at radius 3 is 2.57 bits per heavy atom. The minimum Gasteiger partial charge on any atom is -0.378 e. The van der Waals surface area contributed by atoms with Crippen LogP contribution in [-0.4, -0.2) is 44.5 Å². The van der Waals surface area contributed by atoms with Crippen molar-refractivity contribution in [1.82, 2.24) is 15.8 Å². The van der Waals surface area contributed by atoms with E-state index < -0.39 is 0 Å². The maximum Gasteiger partial charge on any atom is 0.191 e. The molecule has 164 valence electrons. The van der Waals surface area contributed by atoms with Crippen LogP contribution < -0.4 is 15.5 Å². The largest absolute Gasteiger partial charge is 0.378 e. The van der Waals surface area contributed by atoms with Gasteiger partial charge in [-0.05, 0) is 30.5 Å². The Bertz CT molecular complexity index is 829. The third kappa shape index (κ3) is 5.72. The van der Waals surface area contributed by atoms with E-state index in [9.17, 15) is 4.39 Å². The van der Waals surface area contributed by atoms with Crippen molar-refractivity contribution in [3.63, 3.8) is 0 Å². The molecule has 1 aromatic heterocycles. The zero-order chi connectivity index (χ0) is 21.3. The van der Waals surface area contributed by atoms with E-state index >= 15 is 0 Å². The van der Waals surface area contributed by atoms with Crippen LogP contribution in [0.4, 0.5) is 10.1 Å². The number of nitrogens with one attached hydrogen (secondary N) is 2. The van der Waals surface area contributed by atoms with Gasteiger partial charge in [0.1, 0.15) is 5.82 Å². The van der Waals surface area contributed by atoms with Gasteiger partial charge < -0.3 is 24.8 Å². The van der Waals surface area contributed by atoms with Crippen molar-refractivity contribution in [2.24, 2.45) is 4.99 Å². The Morgan fingerprint density at radius 2 is 1.90 bits per heavy atom. The Labute approximate surface area is 177 Å². The van der Waals surface area contributed by atoms with E-state index in [-0.39, 0.29) is 5.82 Å². The third-order valence-electron chi connectivity index (χ3n) is 5.46. The Balaban J connectivity index is 1.51. The van der Waals surface area contributed by atoms with Crippen LogP contribution >= 0.6 is 0 Å². The van der Waals surface area contributed by atoms with Gasteiger partial charge in [0.25, 0.3) is 0 Å². The van der Waals surface area contributed by atoms with E-state index in [0.29, 0.717) is 57.0 Å². The van der Waals surface area contributed by atoms with E-state index in [0.717, 1.165) is 29.9 Å². The van der Waals surface area contributed by atoms with Crippen LogP contribution in [0.3, 0.4) is 0 Å². The van der Waals surface area contributed by atoms with Crippen molar-refractivity contribution in [2.75, 3.05) is 38.3 Å². The molecule has 8 heteroatoms. The summed E-state index contributed by atoms with van der Waals surface area (Å²) in [6.07, 6.45) is 2.08. The number of anilines is 1. The highest BCUT2D eigenvalue weighted by atomic mass is 19.1. The molecule has 1 fully saturated rings. The summed E-state index contributed by atoms with van der Waals surface area (Å²) < 4.78 is 25.3. The first-order valence-electron chi connectivity index (χ1n) is 10.7. The fraction of sp³-hybridized carbons (Fsp3) is 0.545. The number of rotatable bonds is 8. The number of halogens is 1. The highest BCUT2D eigenvalue weighted by Gasteiger charge is 2.16. The van der Waals surface area contributed by atoms with E-state index in [1.54, 1.807) is 13.1 Å². The van der Waals surface area contributed by atoms with Gasteiger partial charge in [0.2, 0.25) is 0 Å². The molecule has 0 radical (unpaired) electrons. The number of nitrogens with zero attached hydrogens (tertiary/aromatic N) is 3. The average molecular weight is 418 g/mol. The van der Waals surface area contributed by atoms with Gasteiger partial charge in [0, 0.05) is 38.7 Å². The summed E-state index contributed by atoms with van der Waals surface area (Å²) in [5, 5.41) is 10.6. The molecule has 0 unspecified atom stereocenters. The minimum atomic E-state index is -0.213. The monoisotopic (exact) mass is 417 g/mol. The molecule has 1 aliphatic heterocycles. The second-order valence-electron chi connectivity index (χ2n) is 7.40. The topological polar surface area (TPSA) is 74.9 Å². The average Bonchev–Trinajstić information content (AvgIpc) is 3.24. The number of hydrogen-bond acceptors (Lipinski definition) is 5. The van der Waals surface area contributed by atoms with Gasteiger partial charge in [-0.25, -0.2) is 4.39 Å². The zero-order valence-electron chi connectivity index (χ0n) is 18.1. The normalized spacial score (nSPS) is 15.0. The molecule has 0 saturated carbocycles. The molecule has 0 bridgehead atoms. The maximum atomic E-state index is 14.6. The summed E-state index contributed by atoms with van der Waals surface area (Å²) in [6, 6.07) is 7.34. The second kappa shape index (κ2) is 11.0. The predicted octanol–water partition coefficient (Wildman–Crippen LogP) is 3.42. The van der Waals surface area contributed by atoms with Gasteiger partial charge in [-0.2, -0.15) is 0 Å². The molecule has 1 saturated heterocycles. The highest BCUT2D eigenvalue weighted by molar-refractivity contribution is 5.79. The molecule has 1 aliphatic rings. The van der Waals surface area contributed by atoms with Gasteiger partial charge in [-0.1, -0.05) is 25.1 Å². The summed E-state index contributed by atoms with van der Waals surface area (Å²) in [4.78, 5) is 6.24. The summed E-state index contributed by atoms with van der Waals surface area (Å²) in [7, 11) is 1.70. The lowest BCUT2D eigenvalue weighted by Crippen LogP contribution is -2.37. The van der Waals surface area contributed by atoms with Crippen LogP contribution in [0, 0.1) is 5.82 Å². The van der Waals surface area contributed by atoms with Crippen LogP contribution in [-0.2, 0) is 17.8 Å². The maximum absolute atomic E-state index is 14.6. The number of morpholine rings is 1. The van der Waals surface area contributed by atoms with E-state index in [1.165, 1.54) is 0 Å². The van der Waals surface area contributed by atoms with E-state index in [1.807, 2.05) is 23.1 Å². The van der Waals surface area contributed by atoms with Crippen molar-refractivity contribution in [1.29, 1.82) is 0 Å². The first-order chi connectivity index (χ1) is 14.6. The highest BCUT2D eigenvalue weighted by Crippen LogP contribution is 2.23. The van der Waals surface area contributed by atoms with Gasteiger partial charge in [-0.3, -0.25) is 4.99 Å². The summed E-state index contributed by atoms with van der Waals surface area (Å²) >= 11 is 0. The number of aliphatic imine (C=N–C) groups is 1. The van der Waals surface area contributed by atoms with Crippen LogP contribution in [0.25, 0.3) is 0 Å². The Hall–Kier alpha value is -2.61. The molecule has 0 atom stereocenters. The molecule has 7 nitrogen and oxygen atoms in total. The number of ether oxygens (including phenoxy) is 1. The van der Waals surface area contributed by atoms with Crippen molar-refractivity contribution >= 4 is 11.6 Å². The lowest BCUT2D eigenvalue weighted by atomic mass is 9.99. The first-order valence-corrected chi connectivity index (χ1v) is 10.7. The van der Waals surface area contributed by atoms with E-state index in [4.69, 9.17) is 9.26 Å². The fourth-order valence-electron chi connectivity index (χ4n) is 3.61. The molecular weight excluding hydrogens is 385 g/mol. The second-order valence-corrected chi connectivity index (χ2v) is 7.40. The molecule has 0 spiro atoms. The Kier molecular flexibility index (Phi) is 8.07. The molecule has 0 amide bonds. The van der Waals surface area contributed by atoms with Gasteiger partial charge in [0.05, 0.1) is 31.1 Å². The molecule has 2 N–H and O–H groups in total. The molecule has 2 heterocycles. The SMILES string of the molecule is CCC(CC)c1cc(CNC(=NC)NCc2ccc(N3CCOCC3)c(F)c2)on1. The Morgan fingerprint density at radius 1 is 1.17 bits per heavy atom. The molecule has 30 heavy (non-hydrogen) atoms. The van der Waals surface area contributed by atoms with E-state index in [2.05, 4.69) is 34.6 Å². The number of benzene rings is 1. The van der Waals surface area contributed by atoms with Gasteiger partial charge >= 0.3 is 0 Å². The van der Waals surface area contributed by atoms with Crippen molar-refractivity contribution in [3.05, 3.63) is 47.1 Å². The standard InChI is InChI=1S/C22H32FN5O2/c1-4-17(5-2)20-13-18(30-27-20)15-26-22(24-3)25-14-16-6-7-21(19(23)12-16)28-8-10-29-11-9-28/h6-7,12-13,17H,4-5,8-11,14-15H2,1-3H3,(H2,24,25,26). The molecule has 2 aromatic rings. The number of aromatic nitrogens is 1. The van der Waals surface area contributed by atoms with Gasteiger partial charge in [-0.15, -0.1) is 0 Å². The quantitative estimate of drug-likeness (QED) is 0.506. The third-order valence-corrected chi connectivity index (χ3v) is 5.46. The lowest BCUT2D eigenvalue weighted by Gasteiger charge is -2.29. The molecule has 0 aliphatic carbocycles. The van der Waals surface area contributed by atoms with Crippen molar-refractivity contribution < 1.29 is 13.7 Å². The van der Waals surface area contributed by atoms with Crippen LogP contribution in [0.5, 0.6) is 0 Å². The lowest BCUT2D eigenvalue weighted by molar-refractivity contribution is 0.122. The fourth-order valence-corrected chi connectivity index (χ4v) is 3.61. The molecule has 3 rings (SSSR count). The number of guanidine groups is 1. The van der Waals surface area contributed by atoms with Gasteiger partial charge in [0.15, 0.2) is 11.7 Å². The first kappa shape index (κ1) is 22.1. The van der Waals surface area contributed by atoms with Crippen molar-refractivity contribution in [3.8, 4) is 0 Å². The van der Waals surface area contributed by atoms with Crippen LogP contribution in [0.1, 0.15) is 49.6 Å². The predicted molar refractivity (Wildman–Crippen MR) is 116 cm³/mol. The van der Waals surface area contributed by atoms with Crippen LogP contribution in [0.2, 0.25) is 0 Å². The molecular formula is C22H32FN5O2. The zero-order valence-corrected chi connectivity index (χ0v) is 18.1. The minimum absolute atomic E-state index is 0.213. The molecule has 1 aromatic carbocycles. The van der Waals surface area contributed by atoms with Crippen LogP contribution in [0.15, 0.2) is 33.8 Å². The smallest absolute Gasteiger partial charge is 0.191 e. The summed E-state index contributed by atoms with van der Waals surface area (Å²) in [5.74, 6) is 1.60. The number of hydrogen-bond donors (Lipinski definition) is 2. The van der Waals surface area contributed by atoms with Crippen molar-refractivity contribution in [2.45, 2.75) is 45.7 Å². The summed E-state index contributed by atoms with van der Waals surface area (Å²) in [5.41, 5.74) is 2.47.